The molecule has 0 fully saturated rings. The van der Waals surface area contributed by atoms with Gasteiger partial charge in [0.2, 0.25) is 0 Å². The van der Waals surface area contributed by atoms with Crippen LogP contribution in [0.15, 0.2) is 0 Å². The largest absolute Gasteiger partial charge is 0.375 e. The lowest BCUT2D eigenvalue weighted by Crippen LogP contribution is -2.36. The van der Waals surface area contributed by atoms with Crippen molar-refractivity contribution in [2.75, 3.05) is 19.7 Å². The van der Waals surface area contributed by atoms with Crippen molar-refractivity contribution in [1.29, 1.82) is 0 Å². The zero-order valence-electron chi connectivity index (χ0n) is 10.0. The summed E-state index contributed by atoms with van der Waals surface area (Å²) in [5.74, 6) is 0. The minimum atomic E-state index is -0.0243. The monoisotopic (exact) mass is 187 g/mol. The van der Waals surface area contributed by atoms with Crippen molar-refractivity contribution in [3.8, 4) is 0 Å². The third kappa shape index (κ3) is 8.26. The van der Waals surface area contributed by atoms with Crippen molar-refractivity contribution >= 4 is 0 Å². The fourth-order valence-electron chi connectivity index (χ4n) is 0.926. The van der Waals surface area contributed by atoms with Crippen molar-refractivity contribution in [3.63, 3.8) is 0 Å². The van der Waals surface area contributed by atoms with Gasteiger partial charge in [0.15, 0.2) is 0 Å². The van der Waals surface area contributed by atoms with Crippen LogP contribution in [0.1, 0.15) is 41.5 Å². The molecule has 0 bridgehead atoms. The smallest absolute Gasteiger partial charge is 0.0598 e. The molecular weight excluding hydrogens is 162 g/mol. The van der Waals surface area contributed by atoms with Gasteiger partial charge < -0.3 is 10.1 Å². The average molecular weight is 187 g/mol. The van der Waals surface area contributed by atoms with E-state index in [1.165, 1.54) is 0 Å². The Hall–Kier alpha value is -0.0800. The molecule has 0 amide bonds. The first kappa shape index (κ1) is 12.9. The molecule has 0 saturated carbocycles. The Morgan fingerprint density at radius 1 is 1.08 bits per heavy atom. The van der Waals surface area contributed by atoms with Crippen molar-refractivity contribution in [2.45, 2.75) is 47.1 Å². The van der Waals surface area contributed by atoms with Crippen LogP contribution in [0.25, 0.3) is 0 Å². The van der Waals surface area contributed by atoms with E-state index in [1.54, 1.807) is 0 Å². The minimum absolute atomic E-state index is 0.0243. The Balaban J connectivity index is 3.75. The lowest BCUT2D eigenvalue weighted by Gasteiger charge is -2.29. The second kappa shape index (κ2) is 4.97. The van der Waals surface area contributed by atoms with E-state index in [9.17, 15) is 0 Å². The molecule has 0 atom stereocenters. The van der Waals surface area contributed by atoms with Gasteiger partial charge in [-0.3, -0.25) is 0 Å². The number of hydrogen-bond donors (Lipinski definition) is 1. The molecule has 0 aromatic rings. The highest BCUT2D eigenvalue weighted by Gasteiger charge is 2.21. The Labute approximate surface area is 83.1 Å². The predicted octanol–water partition coefficient (Wildman–Crippen LogP) is 2.44. The van der Waals surface area contributed by atoms with Crippen LogP contribution in [0.4, 0.5) is 0 Å². The molecule has 0 aliphatic heterocycles. The number of hydrogen-bond acceptors (Lipinski definition) is 2. The summed E-state index contributed by atoms with van der Waals surface area (Å²) in [5.41, 5.74) is 0.201. The van der Waals surface area contributed by atoms with Crippen LogP contribution in [0.2, 0.25) is 0 Å². The molecule has 0 unspecified atom stereocenters. The Kier molecular flexibility index (Phi) is 4.93. The lowest BCUT2D eigenvalue weighted by molar-refractivity contribution is -0.0422. The summed E-state index contributed by atoms with van der Waals surface area (Å²) < 4.78 is 5.75. The normalized spacial score (nSPS) is 13.4. The summed E-state index contributed by atoms with van der Waals surface area (Å²) in [4.78, 5) is 0. The molecule has 13 heavy (non-hydrogen) atoms. The van der Waals surface area contributed by atoms with E-state index < -0.39 is 0 Å². The summed E-state index contributed by atoms with van der Waals surface area (Å²) in [5, 5.41) is 3.34. The van der Waals surface area contributed by atoms with Gasteiger partial charge in [0.1, 0.15) is 0 Å². The summed E-state index contributed by atoms with van der Waals surface area (Å²) in [6.07, 6.45) is 0. The predicted molar refractivity (Wildman–Crippen MR) is 58.0 cm³/mol. The van der Waals surface area contributed by atoms with E-state index in [2.05, 4.69) is 46.9 Å². The molecule has 0 aliphatic carbocycles. The van der Waals surface area contributed by atoms with E-state index in [4.69, 9.17) is 4.74 Å². The summed E-state index contributed by atoms with van der Waals surface area (Å²) in [7, 11) is 0. The molecule has 0 radical (unpaired) electrons. The van der Waals surface area contributed by atoms with Crippen molar-refractivity contribution < 1.29 is 4.74 Å². The van der Waals surface area contributed by atoms with Crippen LogP contribution < -0.4 is 5.32 Å². The van der Waals surface area contributed by atoms with Crippen molar-refractivity contribution in [3.05, 3.63) is 0 Å². The van der Waals surface area contributed by atoms with Gasteiger partial charge in [-0.05, 0) is 27.3 Å². The molecule has 1 N–H and O–H groups in total. The quantitative estimate of drug-likeness (QED) is 0.714. The highest BCUT2D eigenvalue weighted by atomic mass is 16.5. The van der Waals surface area contributed by atoms with Crippen molar-refractivity contribution in [1.82, 2.24) is 5.32 Å². The molecule has 0 aliphatic rings. The molecule has 0 aromatic carbocycles. The standard InChI is InChI=1S/C11H25NO/c1-7-12-8-11(5,6)9-13-10(2,3)4/h12H,7-9H2,1-6H3. The molecular formula is C11H25NO. The Bertz CT molecular complexity index is 136. The second-order valence-electron chi connectivity index (χ2n) is 5.35. The maximum absolute atomic E-state index is 5.75. The van der Waals surface area contributed by atoms with Crippen LogP contribution in [0.5, 0.6) is 0 Å². The van der Waals surface area contributed by atoms with Gasteiger partial charge in [-0.25, -0.2) is 0 Å². The molecule has 0 aromatic heterocycles. The van der Waals surface area contributed by atoms with Crippen molar-refractivity contribution in [2.24, 2.45) is 5.41 Å². The van der Waals surface area contributed by atoms with E-state index >= 15 is 0 Å². The van der Waals surface area contributed by atoms with Gasteiger partial charge in [0, 0.05) is 12.0 Å². The third-order valence-corrected chi connectivity index (χ3v) is 1.75. The number of ether oxygens (including phenoxy) is 1. The maximum atomic E-state index is 5.75. The first-order valence-corrected chi connectivity index (χ1v) is 5.11. The molecule has 0 spiro atoms. The van der Waals surface area contributed by atoms with Crippen LogP contribution in [0, 0.1) is 5.41 Å². The van der Waals surface area contributed by atoms with Crippen LogP contribution in [-0.2, 0) is 4.74 Å². The van der Waals surface area contributed by atoms with Gasteiger partial charge in [-0.1, -0.05) is 20.8 Å². The second-order valence-corrected chi connectivity index (χ2v) is 5.35. The van der Waals surface area contributed by atoms with Gasteiger partial charge in [-0.2, -0.15) is 0 Å². The minimum Gasteiger partial charge on any atom is -0.375 e. The van der Waals surface area contributed by atoms with E-state index in [0.29, 0.717) is 0 Å². The SMILES string of the molecule is CCNCC(C)(C)COC(C)(C)C. The van der Waals surface area contributed by atoms with Gasteiger partial charge in [0.25, 0.3) is 0 Å². The fraction of sp³-hybridized carbons (Fsp3) is 1.00. The molecule has 0 heterocycles. The highest BCUT2D eigenvalue weighted by Crippen LogP contribution is 2.18. The van der Waals surface area contributed by atoms with Gasteiger partial charge in [0.05, 0.1) is 12.2 Å². The van der Waals surface area contributed by atoms with Crippen LogP contribution in [0.3, 0.4) is 0 Å². The summed E-state index contributed by atoms with van der Waals surface area (Å²) in [6, 6.07) is 0. The maximum Gasteiger partial charge on any atom is 0.0598 e. The average Bonchev–Trinajstić information content (AvgIpc) is 1.97. The summed E-state index contributed by atoms with van der Waals surface area (Å²) in [6.45, 7) is 15.7. The van der Waals surface area contributed by atoms with E-state index in [0.717, 1.165) is 19.7 Å². The first-order valence-electron chi connectivity index (χ1n) is 5.11. The zero-order chi connectivity index (χ0) is 10.5. The van der Waals surface area contributed by atoms with Gasteiger partial charge in [-0.15, -0.1) is 0 Å². The first-order chi connectivity index (χ1) is 5.77. The topological polar surface area (TPSA) is 21.3 Å². The molecule has 0 saturated heterocycles. The highest BCUT2D eigenvalue weighted by molar-refractivity contribution is 4.72. The summed E-state index contributed by atoms with van der Waals surface area (Å²) >= 11 is 0. The van der Waals surface area contributed by atoms with Gasteiger partial charge >= 0.3 is 0 Å². The van der Waals surface area contributed by atoms with E-state index in [-0.39, 0.29) is 11.0 Å². The molecule has 2 nitrogen and oxygen atoms in total. The van der Waals surface area contributed by atoms with Crippen LogP contribution >= 0.6 is 0 Å². The third-order valence-electron chi connectivity index (χ3n) is 1.75. The zero-order valence-corrected chi connectivity index (χ0v) is 10.0. The lowest BCUT2D eigenvalue weighted by atomic mass is 9.94. The molecule has 2 heteroatoms. The Morgan fingerprint density at radius 2 is 1.62 bits per heavy atom. The van der Waals surface area contributed by atoms with Crippen LogP contribution in [-0.4, -0.2) is 25.3 Å². The molecule has 0 rings (SSSR count). The van der Waals surface area contributed by atoms with E-state index in [1.807, 2.05) is 0 Å². The molecule has 80 valence electrons. The fourth-order valence-corrected chi connectivity index (χ4v) is 0.926. The number of nitrogens with one attached hydrogen (secondary N) is 1. The number of rotatable bonds is 5. The Morgan fingerprint density at radius 3 is 2.00 bits per heavy atom.